The molecule has 138 valence electrons. The van der Waals surface area contributed by atoms with E-state index in [9.17, 15) is 9.59 Å². The SMILES string of the molecule is Cc1cc(NC(=O)C2CCN(C(=O)C3CCCn4ccnc43)CC2)no1. The summed E-state index contributed by atoms with van der Waals surface area (Å²) in [6.45, 7) is 3.92. The summed E-state index contributed by atoms with van der Waals surface area (Å²) in [5.74, 6) is 1.81. The summed E-state index contributed by atoms with van der Waals surface area (Å²) in [6.07, 6.45) is 6.88. The zero-order valence-electron chi connectivity index (χ0n) is 14.9. The highest BCUT2D eigenvalue weighted by Gasteiger charge is 2.34. The van der Waals surface area contributed by atoms with E-state index < -0.39 is 0 Å². The molecule has 8 nitrogen and oxygen atoms in total. The van der Waals surface area contributed by atoms with Crippen LogP contribution >= 0.6 is 0 Å². The van der Waals surface area contributed by atoms with Gasteiger partial charge in [-0.15, -0.1) is 0 Å². The van der Waals surface area contributed by atoms with Gasteiger partial charge in [-0.05, 0) is 32.6 Å². The Morgan fingerprint density at radius 2 is 2.04 bits per heavy atom. The molecule has 0 radical (unpaired) electrons. The number of hydrogen-bond acceptors (Lipinski definition) is 5. The van der Waals surface area contributed by atoms with Crippen molar-refractivity contribution in [3.05, 3.63) is 30.0 Å². The topological polar surface area (TPSA) is 93.3 Å². The average Bonchev–Trinajstić information content (AvgIpc) is 3.29. The van der Waals surface area contributed by atoms with Gasteiger partial charge in [0.15, 0.2) is 5.82 Å². The van der Waals surface area contributed by atoms with Gasteiger partial charge in [-0.25, -0.2) is 4.98 Å². The van der Waals surface area contributed by atoms with Gasteiger partial charge in [0.05, 0.1) is 5.92 Å². The molecule has 1 atom stereocenters. The van der Waals surface area contributed by atoms with Gasteiger partial charge in [0.25, 0.3) is 0 Å². The number of likely N-dealkylation sites (tertiary alicyclic amines) is 1. The lowest BCUT2D eigenvalue weighted by Gasteiger charge is -2.34. The molecule has 2 aromatic heterocycles. The molecule has 2 aliphatic rings. The van der Waals surface area contributed by atoms with E-state index in [1.807, 2.05) is 11.1 Å². The number of aryl methyl sites for hydroxylation is 2. The van der Waals surface area contributed by atoms with Crippen LogP contribution in [0.1, 0.15) is 43.2 Å². The number of carbonyl (C=O) groups excluding carboxylic acids is 2. The van der Waals surface area contributed by atoms with Gasteiger partial charge in [-0.3, -0.25) is 9.59 Å². The first-order chi connectivity index (χ1) is 12.6. The maximum atomic E-state index is 12.9. The highest BCUT2D eigenvalue weighted by Crippen LogP contribution is 2.29. The monoisotopic (exact) mass is 357 g/mol. The minimum Gasteiger partial charge on any atom is -0.360 e. The minimum absolute atomic E-state index is 0.0568. The standard InChI is InChI=1S/C18H23N5O3/c1-12-11-15(21-26-12)20-17(24)13-4-8-23(9-5-13)18(25)14-3-2-7-22-10-6-19-16(14)22/h6,10-11,13-14H,2-5,7-9H2,1H3,(H,20,21,24). The fraction of sp³-hybridized carbons (Fsp3) is 0.556. The Balaban J connectivity index is 1.34. The van der Waals surface area contributed by atoms with E-state index >= 15 is 0 Å². The molecular weight excluding hydrogens is 334 g/mol. The predicted octanol–water partition coefficient (Wildman–Crippen LogP) is 1.93. The molecule has 1 fully saturated rings. The number of imidazole rings is 1. The zero-order valence-corrected chi connectivity index (χ0v) is 14.9. The van der Waals surface area contributed by atoms with E-state index in [1.54, 1.807) is 19.2 Å². The van der Waals surface area contributed by atoms with Crippen LogP contribution in [0.2, 0.25) is 0 Å². The van der Waals surface area contributed by atoms with Crippen molar-refractivity contribution in [3.8, 4) is 0 Å². The van der Waals surface area contributed by atoms with Gasteiger partial charge in [0.1, 0.15) is 11.6 Å². The molecule has 2 amide bonds. The number of fused-ring (bicyclic) bond motifs is 1. The number of rotatable bonds is 3. The van der Waals surface area contributed by atoms with Crippen molar-refractivity contribution in [1.82, 2.24) is 19.6 Å². The van der Waals surface area contributed by atoms with Crippen LogP contribution < -0.4 is 5.32 Å². The Morgan fingerprint density at radius 1 is 1.23 bits per heavy atom. The van der Waals surface area contributed by atoms with Crippen LogP contribution in [-0.4, -0.2) is 44.5 Å². The van der Waals surface area contributed by atoms with Crippen LogP contribution in [-0.2, 0) is 16.1 Å². The number of hydrogen-bond donors (Lipinski definition) is 1. The van der Waals surface area contributed by atoms with Gasteiger partial charge in [-0.2, -0.15) is 0 Å². The van der Waals surface area contributed by atoms with Crippen molar-refractivity contribution in [3.63, 3.8) is 0 Å². The lowest BCUT2D eigenvalue weighted by Crippen LogP contribution is -2.44. The first kappa shape index (κ1) is 16.8. The second-order valence-electron chi connectivity index (χ2n) is 7.09. The van der Waals surface area contributed by atoms with E-state index in [0.717, 1.165) is 25.2 Å². The van der Waals surface area contributed by atoms with Crippen molar-refractivity contribution in [2.45, 2.75) is 45.1 Å². The second-order valence-corrected chi connectivity index (χ2v) is 7.09. The van der Waals surface area contributed by atoms with E-state index in [0.29, 0.717) is 37.5 Å². The zero-order chi connectivity index (χ0) is 18.1. The number of carbonyl (C=O) groups is 2. The largest absolute Gasteiger partial charge is 0.360 e. The Kier molecular flexibility index (Phi) is 4.48. The fourth-order valence-corrected chi connectivity index (χ4v) is 3.88. The molecule has 0 spiro atoms. The lowest BCUT2D eigenvalue weighted by molar-refractivity contribution is -0.136. The summed E-state index contributed by atoms with van der Waals surface area (Å²) in [7, 11) is 0. The smallest absolute Gasteiger partial charge is 0.233 e. The van der Waals surface area contributed by atoms with Crippen molar-refractivity contribution in [2.75, 3.05) is 18.4 Å². The van der Waals surface area contributed by atoms with E-state index in [-0.39, 0.29) is 23.7 Å². The molecule has 0 aliphatic carbocycles. The number of amides is 2. The first-order valence-electron chi connectivity index (χ1n) is 9.16. The van der Waals surface area contributed by atoms with E-state index in [1.165, 1.54) is 0 Å². The second kappa shape index (κ2) is 6.93. The van der Waals surface area contributed by atoms with Gasteiger partial charge in [0.2, 0.25) is 11.8 Å². The summed E-state index contributed by atoms with van der Waals surface area (Å²) in [5.41, 5.74) is 0. The molecule has 0 aromatic carbocycles. The summed E-state index contributed by atoms with van der Waals surface area (Å²) in [4.78, 5) is 31.6. The first-order valence-corrected chi connectivity index (χ1v) is 9.16. The molecule has 4 heterocycles. The van der Waals surface area contributed by atoms with E-state index in [4.69, 9.17) is 4.52 Å². The van der Waals surface area contributed by atoms with Crippen molar-refractivity contribution in [1.29, 1.82) is 0 Å². The molecular formula is C18H23N5O3. The number of anilines is 1. The number of nitrogens with one attached hydrogen (secondary N) is 1. The fourth-order valence-electron chi connectivity index (χ4n) is 3.88. The molecule has 1 unspecified atom stereocenters. The third-order valence-electron chi connectivity index (χ3n) is 5.31. The third-order valence-corrected chi connectivity index (χ3v) is 5.31. The highest BCUT2D eigenvalue weighted by atomic mass is 16.5. The minimum atomic E-state index is -0.151. The van der Waals surface area contributed by atoms with Gasteiger partial charge < -0.3 is 19.3 Å². The normalized spacial score (nSPS) is 20.7. The molecule has 1 N–H and O–H groups in total. The van der Waals surface area contributed by atoms with Crippen LogP contribution in [0.4, 0.5) is 5.82 Å². The van der Waals surface area contributed by atoms with Crippen LogP contribution in [0.15, 0.2) is 23.0 Å². The van der Waals surface area contributed by atoms with Crippen LogP contribution in [0.25, 0.3) is 0 Å². The van der Waals surface area contributed by atoms with Crippen LogP contribution in [0.5, 0.6) is 0 Å². The number of piperidine rings is 1. The molecule has 2 aliphatic heterocycles. The molecule has 26 heavy (non-hydrogen) atoms. The van der Waals surface area contributed by atoms with Crippen molar-refractivity contribution >= 4 is 17.6 Å². The summed E-state index contributed by atoms with van der Waals surface area (Å²) < 4.78 is 7.04. The number of nitrogens with zero attached hydrogens (tertiary/aromatic N) is 4. The van der Waals surface area contributed by atoms with Crippen LogP contribution in [0.3, 0.4) is 0 Å². The van der Waals surface area contributed by atoms with Gasteiger partial charge in [0, 0.05) is 44.0 Å². The average molecular weight is 357 g/mol. The maximum absolute atomic E-state index is 12.9. The Bertz CT molecular complexity index is 803. The maximum Gasteiger partial charge on any atom is 0.233 e. The van der Waals surface area contributed by atoms with Crippen molar-refractivity contribution < 1.29 is 14.1 Å². The molecule has 2 aromatic rings. The highest BCUT2D eigenvalue weighted by molar-refractivity contribution is 5.92. The molecule has 1 saturated heterocycles. The third kappa shape index (κ3) is 3.23. The van der Waals surface area contributed by atoms with Crippen LogP contribution in [0, 0.1) is 12.8 Å². The summed E-state index contributed by atoms with van der Waals surface area (Å²) in [6, 6.07) is 1.70. The Hall–Kier alpha value is -2.64. The Labute approximate surface area is 151 Å². The molecule has 4 rings (SSSR count). The summed E-state index contributed by atoms with van der Waals surface area (Å²) in [5, 5.41) is 6.58. The number of aromatic nitrogens is 3. The van der Waals surface area contributed by atoms with Gasteiger partial charge in [-0.1, -0.05) is 5.16 Å². The predicted molar refractivity (Wildman–Crippen MR) is 93.4 cm³/mol. The van der Waals surface area contributed by atoms with E-state index in [2.05, 4.69) is 20.0 Å². The molecule has 8 heteroatoms. The Morgan fingerprint density at radius 3 is 2.77 bits per heavy atom. The summed E-state index contributed by atoms with van der Waals surface area (Å²) >= 11 is 0. The molecule has 0 bridgehead atoms. The van der Waals surface area contributed by atoms with Gasteiger partial charge >= 0.3 is 0 Å². The molecule has 0 saturated carbocycles. The quantitative estimate of drug-likeness (QED) is 0.906. The van der Waals surface area contributed by atoms with Crippen molar-refractivity contribution in [2.24, 2.45) is 5.92 Å². The lowest BCUT2D eigenvalue weighted by atomic mass is 9.92.